The molecule has 26 heavy (non-hydrogen) atoms. The van der Waals surface area contributed by atoms with Crippen LogP contribution in [0.3, 0.4) is 0 Å². The van der Waals surface area contributed by atoms with Gasteiger partial charge in [0.1, 0.15) is 11.6 Å². The molecular weight excluding hydrogens is 354 g/mol. The Hall–Kier alpha value is -2.06. The summed E-state index contributed by atoms with van der Waals surface area (Å²) in [6, 6.07) is 5.40. The molecule has 1 aliphatic rings. The van der Waals surface area contributed by atoms with Gasteiger partial charge in [-0.3, -0.25) is 4.72 Å². The van der Waals surface area contributed by atoms with Gasteiger partial charge in [0.2, 0.25) is 10.0 Å². The van der Waals surface area contributed by atoms with Crippen LogP contribution in [0.1, 0.15) is 38.4 Å². The van der Waals surface area contributed by atoms with Crippen molar-refractivity contribution in [3.63, 3.8) is 0 Å². The van der Waals surface area contributed by atoms with Gasteiger partial charge < -0.3 is 14.0 Å². The van der Waals surface area contributed by atoms with E-state index in [1.807, 2.05) is 16.8 Å². The standard InChI is InChI=1S/C18H25N3O4S/c1-18(2)12-13(7-10-25-18)17-19-8-9-21(17)14-5-6-16(24-3)15(11-14)20-26(4,22)23/h5-6,8-9,11,13,20H,7,10,12H2,1-4H3/t13-/m0/s1. The van der Waals surface area contributed by atoms with Gasteiger partial charge in [-0.2, -0.15) is 0 Å². The first kappa shape index (κ1) is 18.7. The summed E-state index contributed by atoms with van der Waals surface area (Å²) >= 11 is 0. The van der Waals surface area contributed by atoms with E-state index in [0.717, 1.165) is 30.6 Å². The van der Waals surface area contributed by atoms with Crippen molar-refractivity contribution in [1.82, 2.24) is 9.55 Å². The Morgan fingerprint density at radius 3 is 2.81 bits per heavy atom. The number of methoxy groups -OCH3 is 1. The molecule has 0 amide bonds. The van der Waals surface area contributed by atoms with E-state index in [4.69, 9.17) is 9.47 Å². The minimum absolute atomic E-state index is 0.178. The first-order chi connectivity index (χ1) is 12.2. The molecule has 0 aliphatic carbocycles. The second-order valence-electron chi connectivity index (χ2n) is 7.21. The molecule has 0 saturated carbocycles. The van der Waals surface area contributed by atoms with Gasteiger partial charge in [0.25, 0.3) is 0 Å². The zero-order valence-electron chi connectivity index (χ0n) is 15.5. The summed E-state index contributed by atoms with van der Waals surface area (Å²) in [7, 11) is -1.90. The summed E-state index contributed by atoms with van der Waals surface area (Å²) in [5, 5.41) is 0. The van der Waals surface area contributed by atoms with Gasteiger partial charge in [0.15, 0.2) is 0 Å². The lowest BCUT2D eigenvalue weighted by molar-refractivity contribution is -0.0604. The van der Waals surface area contributed by atoms with Crippen LogP contribution < -0.4 is 9.46 Å². The first-order valence-corrected chi connectivity index (χ1v) is 10.4. The fraction of sp³-hybridized carbons (Fsp3) is 0.500. The SMILES string of the molecule is COc1ccc(-n2ccnc2[C@H]2CCOC(C)(C)C2)cc1NS(C)(=O)=O. The van der Waals surface area contributed by atoms with Crippen LogP contribution >= 0.6 is 0 Å². The van der Waals surface area contributed by atoms with Crippen molar-refractivity contribution in [3.05, 3.63) is 36.4 Å². The average Bonchev–Trinajstić information content (AvgIpc) is 3.02. The Labute approximate surface area is 154 Å². The fourth-order valence-corrected chi connectivity index (χ4v) is 3.97. The highest BCUT2D eigenvalue weighted by Gasteiger charge is 2.32. The molecule has 1 aliphatic heterocycles. The van der Waals surface area contributed by atoms with Gasteiger partial charge in [0, 0.05) is 30.6 Å². The zero-order chi connectivity index (χ0) is 18.9. The normalized spacial score (nSPS) is 19.9. The van der Waals surface area contributed by atoms with E-state index in [0.29, 0.717) is 18.0 Å². The summed E-state index contributed by atoms with van der Waals surface area (Å²) in [6.07, 6.45) is 6.57. The molecular formula is C18H25N3O4S. The lowest BCUT2D eigenvalue weighted by atomic mass is 9.87. The molecule has 3 rings (SSSR count). The number of aromatic nitrogens is 2. The molecule has 0 radical (unpaired) electrons. The lowest BCUT2D eigenvalue weighted by Crippen LogP contribution is -2.33. The summed E-state index contributed by atoms with van der Waals surface area (Å²) in [5.41, 5.74) is 1.05. The zero-order valence-corrected chi connectivity index (χ0v) is 16.3. The Bertz CT molecular complexity index is 890. The molecule has 1 aromatic carbocycles. The molecule has 1 fully saturated rings. The number of benzene rings is 1. The van der Waals surface area contributed by atoms with E-state index in [2.05, 4.69) is 23.6 Å². The molecule has 142 valence electrons. The number of imidazole rings is 1. The summed E-state index contributed by atoms with van der Waals surface area (Å²) in [4.78, 5) is 4.57. The van der Waals surface area contributed by atoms with E-state index in [1.54, 1.807) is 18.3 Å². The van der Waals surface area contributed by atoms with Crippen LogP contribution in [-0.2, 0) is 14.8 Å². The molecule has 2 heterocycles. The fourth-order valence-electron chi connectivity index (χ4n) is 3.41. The molecule has 1 atom stereocenters. The van der Waals surface area contributed by atoms with Crippen LogP contribution in [0.15, 0.2) is 30.6 Å². The topological polar surface area (TPSA) is 82.4 Å². The van der Waals surface area contributed by atoms with E-state index in [-0.39, 0.29) is 11.5 Å². The number of hydrogen-bond donors (Lipinski definition) is 1. The smallest absolute Gasteiger partial charge is 0.229 e. The first-order valence-electron chi connectivity index (χ1n) is 8.52. The number of sulfonamides is 1. The second-order valence-corrected chi connectivity index (χ2v) is 8.96. The quantitative estimate of drug-likeness (QED) is 0.864. The lowest BCUT2D eigenvalue weighted by Gasteiger charge is -2.35. The predicted molar refractivity (Wildman–Crippen MR) is 101 cm³/mol. The molecule has 0 bridgehead atoms. The highest BCUT2D eigenvalue weighted by atomic mass is 32.2. The second kappa shape index (κ2) is 6.92. The Morgan fingerprint density at radius 2 is 2.15 bits per heavy atom. The number of nitrogens with one attached hydrogen (secondary N) is 1. The third-order valence-corrected chi connectivity index (χ3v) is 5.08. The van der Waals surface area contributed by atoms with Crippen LogP contribution in [0.4, 0.5) is 5.69 Å². The van der Waals surface area contributed by atoms with Crippen molar-refractivity contribution in [2.45, 2.75) is 38.2 Å². The predicted octanol–water partition coefficient (Wildman–Crippen LogP) is 2.93. The molecule has 1 N–H and O–H groups in total. The summed E-state index contributed by atoms with van der Waals surface area (Å²) < 4.78 is 38.9. The number of ether oxygens (including phenoxy) is 2. The van der Waals surface area contributed by atoms with Crippen LogP contribution in [0, 0.1) is 0 Å². The van der Waals surface area contributed by atoms with Crippen molar-refractivity contribution in [2.75, 3.05) is 24.7 Å². The number of nitrogens with zero attached hydrogens (tertiary/aromatic N) is 2. The maximum Gasteiger partial charge on any atom is 0.229 e. The van der Waals surface area contributed by atoms with Gasteiger partial charge >= 0.3 is 0 Å². The molecule has 1 aromatic heterocycles. The van der Waals surface area contributed by atoms with E-state index in [1.165, 1.54) is 7.11 Å². The Kier molecular flexibility index (Phi) is 4.98. The average molecular weight is 379 g/mol. The van der Waals surface area contributed by atoms with Gasteiger partial charge in [-0.25, -0.2) is 13.4 Å². The van der Waals surface area contributed by atoms with Gasteiger partial charge in [-0.05, 0) is 44.9 Å². The minimum atomic E-state index is -3.41. The van der Waals surface area contributed by atoms with Gasteiger partial charge in [-0.1, -0.05) is 0 Å². The molecule has 0 spiro atoms. The highest BCUT2D eigenvalue weighted by molar-refractivity contribution is 7.92. The largest absolute Gasteiger partial charge is 0.495 e. The Morgan fingerprint density at radius 1 is 1.38 bits per heavy atom. The number of hydrogen-bond acceptors (Lipinski definition) is 5. The van der Waals surface area contributed by atoms with Gasteiger partial charge in [-0.15, -0.1) is 0 Å². The van der Waals surface area contributed by atoms with Crippen LogP contribution in [-0.4, -0.2) is 43.5 Å². The van der Waals surface area contributed by atoms with Crippen LogP contribution in [0.2, 0.25) is 0 Å². The van der Waals surface area contributed by atoms with E-state index < -0.39 is 10.0 Å². The molecule has 8 heteroatoms. The maximum absolute atomic E-state index is 11.7. The van der Waals surface area contributed by atoms with Crippen molar-refractivity contribution in [1.29, 1.82) is 0 Å². The summed E-state index contributed by atoms with van der Waals surface area (Å²) in [6.45, 7) is 4.88. The minimum Gasteiger partial charge on any atom is -0.495 e. The molecule has 7 nitrogen and oxygen atoms in total. The van der Waals surface area contributed by atoms with E-state index >= 15 is 0 Å². The van der Waals surface area contributed by atoms with Crippen molar-refractivity contribution < 1.29 is 17.9 Å². The third-order valence-electron chi connectivity index (χ3n) is 4.49. The van der Waals surface area contributed by atoms with Crippen LogP contribution in [0.5, 0.6) is 5.75 Å². The maximum atomic E-state index is 11.7. The number of rotatable bonds is 5. The molecule has 2 aromatic rings. The van der Waals surface area contributed by atoms with Crippen LogP contribution in [0.25, 0.3) is 5.69 Å². The molecule has 0 unspecified atom stereocenters. The van der Waals surface area contributed by atoms with Crippen molar-refractivity contribution in [3.8, 4) is 11.4 Å². The monoisotopic (exact) mass is 379 g/mol. The van der Waals surface area contributed by atoms with Crippen molar-refractivity contribution >= 4 is 15.7 Å². The third kappa shape index (κ3) is 4.19. The summed E-state index contributed by atoms with van der Waals surface area (Å²) in [5.74, 6) is 1.70. The molecule has 1 saturated heterocycles. The van der Waals surface area contributed by atoms with E-state index in [9.17, 15) is 8.42 Å². The Balaban J connectivity index is 1.98. The van der Waals surface area contributed by atoms with Crippen molar-refractivity contribution in [2.24, 2.45) is 0 Å². The van der Waals surface area contributed by atoms with Gasteiger partial charge in [0.05, 0.1) is 24.7 Å². The highest BCUT2D eigenvalue weighted by Crippen LogP contribution is 2.36. The number of anilines is 1.